The molecule has 0 fully saturated rings. The highest BCUT2D eigenvalue weighted by Gasteiger charge is 2.32. The lowest BCUT2D eigenvalue weighted by Crippen LogP contribution is -2.32. The first-order chi connectivity index (χ1) is 12.0. The second-order valence-electron chi connectivity index (χ2n) is 4.86. The third-order valence-corrected chi connectivity index (χ3v) is 3.69. The monoisotopic (exact) mass is 421 g/mol. The summed E-state index contributed by atoms with van der Waals surface area (Å²) in [6, 6.07) is 4.41. The molecule has 0 atom stereocenters. The smallest absolute Gasteiger partial charge is 0.317 e. The molecule has 0 bridgehead atoms. The Bertz CT molecular complexity index is 913. The van der Waals surface area contributed by atoms with Gasteiger partial charge in [-0.3, -0.25) is 4.79 Å². The molecular weight excluding hydrogens is 414 g/mol. The van der Waals surface area contributed by atoms with Crippen molar-refractivity contribution in [3.05, 3.63) is 39.5 Å². The van der Waals surface area contributed by atoms with Crippen LogP contribution in [0.4, 0.5) is 19.0 Å². The molecule has 0 aliphatic heterocycles. The topological polar surface area (TPSA) is 82.7 Å². The minimum Gasteiger partial charge on any atom is -0.317 e. The molecule has 1 aromatic carbocycles. The van der Waals surface area contributed by atoms with E-state index >= 15 is 0 Å². The number of carbonyl (C=O) groups is 1. The Balaban J connectivity index is 2.55. The van der Waals surface area contributed by atoms with E-state index in [1.54, 1.807) is 6.07 Å². The zero-order chi connectivity index (χ0) is 19.6. The first-order valence-electron chi connectivity index (χ1n) is 6.68. The lowest BCUT2D eigenvalue weighted by molar-refractivity contribution is -0.137. The van der Waals surface area contributed by atoms with Gasteiger partial charge in [0.05, 0.1) is 15.6 Å². The third-order valence-electron chi connectivity index (χ3n) is 2.91. The number of rotatable bonds is 2. The number of nitrogens with zero attached hydrogens (tertiary/aromatic N) is 3. The zero-order valence-corrected chi connectivity index (χ0v) is 15.1. The molecule has 0 aliphatic carbocycles. The molecule has 0 saturated carbocycles. The van der Waals surface area contributed by atoms with Gasteiger partial charge in [-0.25, -0.2) is 4.68 Å². The van der Waals surface area contributed by atoms with Gasteiger partial charge in [0.1, 0.15) is 17.6 Å². The predicted molar refractivity (Wildman–Crippen MR) is 93.3 cm³/mol. The van der Waals surface area contributed by atoms with Gasteiger partial charge in [-0.15, -0.1) is 0 Å². The van der Waals surface area contributed by atoms with E-state index in [0.29, 0.717) is 12.1 Å². The largest absolute Gasteiger partial charge is 0.416 e. The van der Waals surface area contributed by atoms with Crippen molar-refractivity contribution in [2.45, 2.75) is 13.1 Å². The molecule has 0 unspecified atom stereocenters. The van der Waals surface area contributed by atoms with Crippen LogP contribution in [0.15, 0.2) is 18.2 Å². The molecular formula is C14H8Cl2F3N5OS. The van der Waals surface area contributed by atoms with Crippen LogP contribution in [-0.4, -0.2) is 20.8 Å². The van der Waals surface area contributed by atoms with Crippen LogP contribution in [0, 0.1) is 11.3 Å². The number of halogens is 5. The first kappa shape index (κ1) is 20.0. The lowest BCUT2D eigenvalue weighted by Gasteiger charge is -2.15. The van der Waals surface area contributed by atoms with E-state index in [1.165, 1.54) is 13.0 Å². The summed E-state index contributed by atoms with van der Waals surface area (Å²) in [7, 11) is 0. The number of aromatic nitrogens is 2. The lowest BCUT2D eigenvalue weighted by atomic mass is 10.2. The molecule has 0 saturated heterocycles. The molecule has 2 rings (SSSR count). The Morgan fingerprint density at radius 1 is 1.31 bits per heavy atom. The number of benzene rings is 1. The average molecular weight is 422 g/mol. The molecule has 2 N–H and O–H groups in total. The molecule has 12 heteroatoms. The normalized spacial score (nSPS) is 11.0. The molecule has 1 amide bonds. The molecule has 6 nitrogen and oxygen atoms in total. The highest BCUT2D eigenvalue weighted by molar-refractivity contribution is 7.80. The Kier molecular flexibility index (Phi) is 5.75. The number of nitriles is 1. The van der Waals surface area contributed by atoms with Crippen molar-refractivity contribution in [3.63, 3.8) is 0 Å². The van der Waals surface area contributed by atoms with Gasteiger partial charge in [-0.1, -0.05) is 23.2 Å². The number of nitrogens with one attached hydrogen (secondary N) is 2. The van der Waals surface area contributed by atoms with Crippen molar-refractivity contribution in [1.29, 1.82) is 5.26 Å². The van der Waals surface area contributed by atoms with Crippen LogP contribution in [0.5, 0.6) is 0 Å². The average Bonchev–Trinajstić information content (AvgIpc) is 2.87. The number of thiocarbonyl (C=S) groups is 1. The Morgan fingerprint density at radius 2 is 1.88 bits per heavy atom. The van der Waals surface area contributed by atoms with Crippen LogP contribution in [0.2, 0.25) is 10.0 Å². The quantitative estimate of drug-likeness (QED) is 0.718. The van der Waals surface area contributed by atoms with Crippen molar-refractivity contribution in [2.24, 2.45) is 0 Å². The maximum Gasteiger partial charge on any atom is 0.416 e. The maximum absolute atomic E-state index is 12.9. The summed E-state index contributed by atoms with van der Waals surface area (Å²) in [5.74, 6) is -0.372. The van der Waals surface area contributed by atoms with Crippen LogP contribution in [0.25, 0.3) is 5.69 Å². The molecule has 1 heterocycles. The summed E-state index contributed by atoms with van der Waals surface area (Å²) in [4.78, 5) is 11.0. The fourth-order valence-corrected chi connectivity index (χ4v) is 2.83. The van der Waals surface area contributed by atoms with Crippen LogP contribution in [0.3, 0.4) is 0 Å². The zero-order valence-electron chi connectivity index (χ0n) is 12.8. The standard InChI is InChI=1S/C14H8Cl2F3N5OS/c1-6(25)21-13(26)22-11-4-8(5-20)23-24(11)12-9(15)2-7(3-10(12)16)14(17,18)19/h2-4H,1H3,(H2,21,22,25,26). The molecule has 136 valence electrons. The van der Waals surface area contributed by atoms with E-state index in [9.17, 15) is 18.0 Å². The van der Waals surface area contributed by atoms with E-state index in [1.807, 2.05) is 0 Å². The summed E-state index contributed by atoms with van der Waals surface area (Å²) in [6.45, 7) is 1.23. The number of alkyl halides is 3. The van der Waals surface area contributed by atoms with Crippen LogP contribution in [0.1, 0.15) is 18.2 Å². The van der Waals surface area contributed by atoms with E-state index in [4.69, 9.17) is 40.7 Å². The van der Waals surface area contributed by atoms with Gasteiger partial charge in [-0.05, 0) is 24.4 Å². The van der Waals surface area contributed by atoms with Crippen molar-refractivity contribution in [1.82, 2.24) is 15.1 Å². The summed E-state index contributed by atoms with van der Waals surface area (Å²) in [5.41, 5.74) is -1.20. The predicted octanol–water partition coefficient (Wildman–Crippen LogP) is 3.90. The molecule has 0 spiro atoms. The van der Waals surface area contributed by atoms with Crippen LogP contribution >= 0.6 is 35.4 Å². The van der Waals surface area contributed by atoms with Gasteiger partial charge in [0.25, 0.3) is 0 Å². The highest BCUT2D eigenvalue weighted by Crippen LogP contribution is 2.38. The second-order valence-corrected chi connectivity index (χ2v) is 6.08. The molecule has 0 radical (unpaired) electrons. The van der Waals surface area contributed by atoms with Gasteiger partial charge >= 0.3 is 6.18 Å². The Morgan fingerprint density at radius 3 is 2.35 bits per heavy atom. The second kappa shape index (κ2) is 7.49. The molecule has 0 aliphatic rings. The Hall–Kier alpha value is -2.35. The minimum atomic E-state index is -4.64. The van der Waals surface area contributed by atoms with Crippen LogP contribution in [-0.2, 0) is 11.0 Å². The molecule has 26 heavy (non-hydrogen) atoms. The van der Waals surface area contributed by atoms with Gasteiger partial charge in [0, 0.05) is 13.0 Å². The van der Waals surface area contributed by atoms with E-state index in [2.05, 4.69) is 15.7 Å². The fraction of sp³-hybridized carbons (Fsp3) is 0.143. The first-order valence-corrected chi connectivity index (χ1v) is 7.84. The van der Waals surface area contributed by atoms with E-state index in [0.717, 1.165) is 4.68 Å². The minimum absolute atomic E-state index is 0.0730. The van der Waals surface area contributed by atoms with Gasteiger partial charge < -0.3 is 10.6 Å². The summed E-state index contributed by atoms with van der Waals surface area (Å²) in [5, 5.41) is 17.0. The Labute approximate surface area is 160 Å². The van der Waals surface area contributed by atoms with Crippen molar-refractivity contribution < 1.29 is 18.0 Å². The van der Waals surface area contributed by atoms with Crippen LogP contribution < -0.4 is 10.6 Å². The number of anilines is 1. The van der Waals surface area contributed by atoms with Gasteiger partial charge in [0.15, 0.2) is 10.8 Å². The summed E-state index contributed by atoms with van der Waals surface area (Å²) in [6.07, 6.45) is -4.64. The molecule has 1 aromatic heterocycles. The van der Waals surface area contributed by atoms with Crippen molar-refractivity contribution in [3.8, 4) is 11.8 Å². The highest BCUT2D eigenvalue weighted by atomic mass is 35.5. The third kappa shape index (κ3) is 4.43. The van der Waals surface area contributed by atoms with Crippen molar-refractivity contribution >= 4 is 52.3 Å². The summed E-state index contributed by atoms with van der Waals surface area (Å²) < 4.78 is 39.6. The van der Waals surface area contributed by atoms with Gasteiger partial charge in [0.2, 0.25) is 5.91 Å². The van der Waals surface area contributed by atoms with Gasteiger partial charge in [-0.2, -0.15) is 23.5 Å². The number of carbonyl (C=O) groups excluding carboxylic acids is 1. The summed E-state index contributed by atoms with van der Waals surface area (Å²) >= 11 is 16.8. The maximum atomic E-state index is 12.9. The van der Waals surface area contributed by atoms with E-state index < -0.39 is 17.6 Å². The SMILES string of the molecule is CC(=O)NC(=S)Nc1cc(C#N)nn1-c1c(Cl)cc(C(F)(F)F)cc1Cl. The van der Waals surface area contributed by atoms with Crippen molar-refractivity contribution in [2.75, 3.05) is 5.32 Å². The fourth-order valence-electron chi connectivity index (χ4n) is 1.93. The molecule has 2 aromatic rings. The number of amides is 1. The number of hydrogen-bond acceptors (Lipinski definition) is 4. The van der Waals surface area contributed by atoms with E-state index in [-0.39, 0.29) is 32.4 Å². The number of hydrogen-bond donors (Lipinski definition) is 2.